The lowest BCUT2D eigenvalue weighted by Crippen LogP contribution is -2.35. The minimum atomic E-state index is -0.349. The summed E-state index contributed by atoms with van der Waals surface area (Å²) in [5, 5.41) is 3.93. The Morgan fingerprint density at radius 3 is 2.65 bits per heavy atom. The van der Waals surface area contributed by atoms with Crippen LogP contribution >= 0.6 is 11.3 Å². The minimum absolute atomic E-state index is 0.230. The van der Waals surface area contributed by atoms with Crippen molar-refractivity contribution in [3.05, 3.63) is 10.6 Å². The Kier molecular flexibility index (Phi) is 4.47. The number of nitrogens with one attached hydrogen (secondary N) is 1. The molecule has 0 fully saturated rings. The number of hydrogen-bond acceptors (Lipinski definition) is 6. The molecule has 0 amide bonds. The van der Waals surface area contributed by atoms with E-state index in [1.54, 1.807) is 14.0 Å². The zero-order valence-corrected chi connectivity index (χ0v) is 11.6. The number of ether oxygens (including phenoxy) is 2. The number of aryl methyl sites for hydroxylation is 1. The van der Waals surface area contributed by atoms with Crippen LogP contribution in [0.3, 0.4) is 0 Å². The topological polar surface area (TPSA) is 60.5 Å². The number of anilines is 1. The Balaban J connectivity index is 2.84. The normalized spacial score (nSPS) is 11.4. The molecule has 0 unspecified atom stereocenters. The van der Waals surface area contributed by atoms with Crippen molar-refractivity contribution in [3.63, 3.8) is 0 Å². The summed E-state index contributed by atoms with van der Waals surface area (Å²) in [4.78, 5) is 16.3. The quantitative estimate of drug-likeness (QED) is 0.819. The largest absolute Gasteiger partial charge is 0.465 e. The van der Waals surface area contributed by atoms with Gasteiger partial charge in [0.15, 0.2) is 5.13 Å². The fourth-order valence-electron chi connectivity index (χ4n) is 1.42. The van der Waals surface area contributed by atoms with Gasteiger partial charge < -0.3 is 14.8 Å². The van der Waals surface area contributed by atoms with Crippen molar-refractivity contribution in [1.82, 2.24) is 4.98 Å². The van der Waals surface area contributed by atoms with Crippen LogP contribution < -0.4 is 5.32 Å². The zero-order chi connectivity index (χ0) is 13.1. The molecule has 0 radical (unpaired) electrons. The standard InChI is InChI=1S/C11H18N2O3S/c1-7-8(9(14)16-5)17-10(12-7)13-11(2,3)6-15-4/h6H2,1-5H3,(H,12,13). The van der Waals surface area contributed by atoms with Crippen molar-refractivity contribution in [2.45, 2.75) is 26.3 Å². The first kappa shape index (κ1) is 13.9. The number of nitrogens with zero attached hydrogens (tertiary/aromatic N) is 1. The van der Waals surface area contributed by atoms with Gasteiger partial charge in [0.25, 0.3) is 0 Å². The summed E-state index contributed by atoms with van der Waals surface area (Å²) in [6.45, 7) is 6.35. The van der Waals surface area contributed by atoms with Crippen LogP contribution in [0.1, 0.15) is 29.2 Å². The molecule has 0 aliphatic carbocycles. The lowest BCUT2D eigenvalue weighted by Gasteiger charge is -2.24. The first-order chi connectivity index (χ1) is 7.89. The summed E-state index contributed by atoms with van der Waals surface area (Å²) in [5.74, 6) is -0.349. The van der Waals surface area contributed by atoms with Crippen LogP contribution in [-0.4, -0.2) is 37.3 Å². The lowest BCUT2D eigenvalue weighted by atomic mass is 10.1. The van der Waals surface area contributed by atoms with Gasteiger partial charge in [-0.05, 0) is 20.8 Å². The Bertz CT molecular complexity index is 401. The number of rotatable bonds is 5. The van der Waals surface area contributed by atoms with E-state index < -0.39 is 0 Å². The molecule has 1 rings (SSSR count). The average molecular weight is 258 g/mol. The Morgan fingerprint density at radius 2 is 2.12 bits per heavy atom. The summed E-state index contributed by atoms with van der Waals surface area (Å²) in [6, 6.07) is 0. The maximum atomic E-state index is 11.4. The summed E-state index contributed by atoms with van der Waals surface area (Å²) in [6.07, 6.45) is 0. The number of aromatic nitrogens is 1. The highest BCUT2D eigenvalue weighted by Gasteiger charge is 2.21. The van der Waals surface area contributed by atoms with E-state index in [-0.39, 0.29) is 11.5 Å². The summed E-state index contributed by atoms with van der Waals surface area (Å²) in [5.41, 5.74) is 0.449. The van der Waals surface area contributed by atoms with Crippen molar-refractivity contribution in [3.8, 4) is 0 Å². The molecule has 1 N–H and O–H groups in total. The van der Waals surface area contributed by atoms with Gasteiger partial charge in [0.2, 0.25) is 0 Å². The number of methoxy groups -OCH3 is 2. The molecule has 5 nitrogen and oxygen atoms in total. The van der Waals surface area contributed by atoms with Gasteiger partial charge in [-0.15, -0.1) is 0 Å². The van der Waals surface area contributed by atoms with Gasteiger partial charge in [0.05, 0.1) is 24.9 Å². The van der Waals surface area contributed by atoms with Crippen LogP contribution in [0.15, 0.2) is 0 Å². The van der Waals surface area contributed by atoms with Crippen LogP contribution in [0, 0.1) is 6.92 Å². The first-order valence-corrected chi connectivity index (χ1v) is 6.04. The van der Waals surface area contributed by atoms with Crippen LogP contribution in [-0.2, 0) is 9.47 Å². The van der Waals surface area contributed by atoms with E-state index in [2.05, 4.69) is 15.0 Å². The van der Waals surface area contributed by atoms with Gasteiger partial charge >= 0.3 is 5.97 Å². The van der Waals surface area contributed by atoms with Crippen LogP contribution in [0.4, 0.5) is 5.13 Å². The maximum absolute atomic E-state index is 11.4. The van der Waals surface area contributed by atoms with Crippen LogP contribution in [0.25, 0.3) is 0 Å². The second kappa shape index (κ2) is 5.46. The molecule has 96 valence electrons. The van der Waals surface area contributed by atoms with Crippen molar-refractivity contribution in [1.29, 1.82) is 0 Å². The van der Waals surface area contributed by atoms with Crippen LogP contribution in [0.5, 0.6) is 0 Å². The minimum Gasteiger partial charge on any atom is -0.465 e. The van der Waals surface area contributed by atoms with Crippen molar-refractivity contribution < 1.29 is 14.3 Å². The molecule has 1 aromatic rings. The second-order valence-electron chi connectivity index (χ2n) is 4.37. The third-order valence-corrected chi connectivity index (χ3v) is 3.17. The Hall–Kier alpha value is -1.14. The average Bonchev–Trinajstić information content (AvgIpc) is 2.57. The number of hydrogen-bond donors (Lipinski definition) is 1. The molecule has 0 aliphatic heterocycles. The molecule has 0 aromatic carbocycles. The molecule has 0 spiro atoms. The van der Waals surface area contributed by atoms with Gasteiger partial charge in [-0.3, -0.25) is 0 Å². The maximum Gasteiger partial charge on any atom is 0.350 e. The van der Waals surface area contributed by atoms with E-state index in [1.807, 2.05) is 13.8 Å². The van der Waals surface area contributed by atoms with Gasteiger partial charge in [-0.2, -0.15) is 0 Å². The SMILES string of the molecule is COCC(C)(C)Nc1nc(C)c(C(=O)OC)s1. The summed E-state index contributed by atoms with van der Waals surface area (Å²) in [7, 11) is 3.01. The van der Waals surface area contributed by atoms with Crippen molar-refractivity contribution in [2.24, 2.45) is 0 Å². The molecule has 1 aromatic heterocycles. The predicted molar refractivity (Wildman–Crippen MR) is 67.8 cm³/mol. The molecule has 17 heavy (non-hydrogen) atoms. The van der Waals surface area contributed by atoms with Crippen molar-refractivity contribution >= 4 is 22.4 Å². The molecule has 0 bridgehead atoms. The number of thiazole rings is 1. The van der Waals surface area contributed by atoms with Gasteiger partial charge in [-0.1, -0.05) is 11.3 Å². The fraction of sp³-hybridized carbons (Fsp3) is 0.636. The number of carbonyl (C=O) groups is 1. The molecule has 0 atom stereocenters. The Morgan fingerprint density at radius 1 is 1.47 bits per heavy atom. The third-order valence-electron chi connectivity index (χ3n) is 2.12. The number of esters is 1. The molecule has 1 heterocycles. The molecular formula is C11H18N2O3S. The van der Waals surface area contributed by atoms with E-state index in [4.69, 9.17) is 4.74 Å². The zero-order valence-electron chi connectivity index (χ0n) is 10.8. The molecule has 0 saturated heterocycles. The van der Waals surface area contributed by atoms with E-state index in [0.717, 1.165) is 0 Å². The van der Waals surface area contributed by atoms with Gasteiger partial charge in [0.1, 0.15) is 4.88 Å². The van der Waals surface area contributed by atoms with E-state index in [0.29, 0.717) is 22.3 Å². The highest BCUT2D eigenvalue weighted by molar-refractivity contribution is 7.17. The van der Waals surface area contributed by atoms with Gasteiger partial charge in [0, 0.05) is 7.11 Å². The smallest absolute Gasteiger partial charge is 0.350 e. The Labute approximate surface area is 105 Å². The van der Waals surface area contributed by atoms with E-state index in [1.165, 1.54) is 18.4 Å². The van der Waals surface area contributed by atoms with Crippen LogP contribution in [0.2, 0.25) is 0 Å². The van der Waals surface area contributed by atoms with Gasteiger partial charge in [-0.25, -0.2) is 9.78 Å². The van der Waals surface area contributed by atoms with E-state index in [9.17, 15) is 4.79 Å². The molecular weight excluding hydrogens is 240 g/mol. The molecule has 6 heteroatoms. The first-order valence-electron chi connectivity index (χ1n) is 5.22. The van der Waals surface area contributed by atoms with Crippen molar-refractivity contribution in [2.75, 3.05) is 26.1 Å². The second-order valence-corrected chi connectivity index (χ2v) is 5.37. The summed E-state index contributed by atoms with van der Waals surface area (Å²) >= 11 is 1.29. The third kappa shape index (κ3) is 3.67. The lowest BCUT2D eigenvalue weighted by molar-refractivity contribution is 0.0605. The highest BCUT2D eigenvalue weighted by Crippen LogP contribution is 2.25. The predicted octanol–water partition coefficient (Wildman–Crippen LogP) is 2.08. The molecule has 0 saturated carbocycles. The fourth-order valence-corrected chi connectivity index (χ4v) is 2.48. The molecule has 0 aliphatic rings. The monoisotopic (exact) mass is 258 g/mol. The summed E-state index contributed by atoms with van der Waals surface area (Å²) < 4.78 is 9.79. The van der Waals surface area contributed by atoms with E-state index >= 15 is 0 Å². The number of carbonyl (C=O) groups excluding carboxylic acids is 1. The highest BCUT2D eigenvalue weighted by atomic mass is 32.1.